The van der Waals surface area contributed by atoms with Gasteiger partial charge in [-0.15, -0.1) is 0 Å². The van der Waals surface area contributed by atoms with Gasteiger partial charge in [-0.25, -0.2) is 4.79 Å². The van der Waals surface area contributed by atoms with E-state index in [0.717, 1.165) is 11.3 Å². The lowest BCUT2D eigenvalue weighted by atomic mass is 10.2. The molecule has 0 aliphatic carbocycles. The van der Waals surface area contributed by atoms with Gasteiger partial charge in [0, 0.05) is 36.7 Å². The van der Waals surface area contributed by atoms with Crippen molar-refractivity contribution in [2.24, 2.45) is 0 Å². The van der Waals surface area contributed by atoms with Crippen molar-refractivity contribution in [2.75, 3.05) is 13.1 Å². The third-order valence-electron chi connectivity index (χ3n) is 3.92. The molecule has 2 amide bonds. The summed E-state index contributed by atoms with van der Waals surface area (Å²) in [5.74, 6) is -0.187. The van der Waals surface area contributed by atoms with Crippen LogP contribution in [0.4, 0.5) is 4.79 Å². The number of carbonyl (C=O) groups is 2. The minimum Gasteiger partial charge on any atom is -0.445 e. The molecule has 0 saturated carbocycles. The van der Waals surface area contributed by atoms with Crippen LogP contribution >= 0.6 is 0 Å². The van der Waals surface area contributed by atoms with Crippen LogP contribution in [0.2, 0.25) is 0 Å². The Morgan fingerprint density at radius 1 is 0.815 bits per heavy atom. The van der Waals surface area contributed by atoms with Gasteiger partial charge in [0.05, 0.1) is 0 Å². The van der Waals surface area contributed by atoms with E-state index >= 15 is 0 Å². The Morgan fingerprint density at radius 3 is 2.19 bits per heavy atom. The fraction of sp³-hybridized carbons (Fsp3) is 0.143. The maximum absolute atomic E-state index is 12.1. The average molecular weight is 363 g/mol. The van der Waals surface area contributed by atoms with Crippen molar-refractivity contribution in [3.63, 3.8) is 0 Å². The molecule has 0 aliphatic rings. The SMILES string of the molecule is O=C(NCCNC(=O)c1ccc(-n2cccc2)cc1)OCc1ccccc1. The second-order valence-electron chi connectivity index (χ2n) is 5.88. The fourth-order valence-electron chi connectivity index (χ4n) is 2.51. The molecule has 2 N–H and O–H groups in total. The Balaban J connectivity index is 1.36. The molecule has 3 rings (SSSR count). The third kappa shape index (κ3) is 5.47. The topological polar surface area (TPSA) is 72.4 Å². The second kappa shape index (κ2) is 9.24. The Hall–Kier alpha value is -3.54. The second-order valence-corrected chi connectivity index (χ2v) is 5.88. The standard InChI is InChI=1S/C21H21N3O3/c25-20(18-8-10-19(11-9-18)24-14-4-5-15-24)22-12-13-23-21(26)27-16-17-6-2-1-3-7-17/h1-11,14-15H,12-13,16H2,(H,22,25)(H,23,26). The van der Waals surface area contributed by atoms with E-state index in [-0.39, 0.29) is 12.5 Å². The zero-order valence-corrected chi connectivity index (χ0v) is 14.8. The maximum atomic E-state index is 12.1. The van der Waals surface area contributed by atoms with Crippen molar-refractivity contribution in [3.8, 4) is 5.69 Å². The fourth-order valence-corrected chi connectivity index (χ4v) is 2.51. The number of aromatic nitrogens is 1. The van der Waals surface area contributed by atoms with Gasteiger partial charge in [-0.1, -0.05) is 30.3 Å². The lowest BCUT2D eigenvalue weighted by Crippen LogP contribution is -2.34. The van der Waals surface area contributed by atoms with Gasteiger partial charge >= 0.3 is 6.09 Å². The highest BCUT2D eigenvalue weighted by Gasteiger charge is 2.06. The molecule has 0 saturated heterocycles. The van der Waals surface area contributed by atoms with E-state index in [1.807, 2.05) is 71.6 Å². The monoisotopic (exact) mass is 363 g/mol. The Kier molecular flexibility index (Phi) is 6.25. The molecule has 27 heavy (non-hydrogen) atoms. The normalized spacial score (nSPS) is 10.2. The lowest BCUT2D eigenvalue weighted by Gasteiger charge is -2.09. The number of amides is 2. The summed E-state index contributed by atoms with van der Waals surface area (Å²) in [6.07, 6.45) is 3.37. The van der Waals surface area contributed by atoms with Crippen molar-refractivity contribution in [2.45, 2.75) is 6.61 Å². The number of hydrogen-bond acceptors (Lipinski definition) is 3. The van der Waals surface area contributed by atoms with Crippen molar-refractivity contribution < 1.29 is 14.3 Å². The molecule has 0 spiro atoms. The van der Waals surface area contributed by atoms with Crippen molar-refractivity contribution in [1.82, 2.24) is 15.2 Å². The number of nitrogens with one attached hydrogen (secondary N) is 2. The van der Waals surface area contributed by atoms with E-state index in [9.17, 15) is 9.59 Å². The molecule has 0 unspecified atom stereocenters. The molecule has 2 aromatic carbocycles. The molecular weight excluding hydrogens is 342 g/mol. The van der Waals surface area contributed by atoms with Crippen LogP contribution in [0, 0.1) is 0 Å². The van der Waals surface area contributed by atoms with Crippen LogP contribution < -0.4 is 10.6 Å². The minimum absolute atomic E-state index is 0.187. The molecule has 0 bridgehead atoms. The number of hydrogen-bond donors (Lipinski definition) is 2. The summed E-state index contributed by atoms with van der Waals surface area (Å²) in [6, 6.07) is 20.6. The number of ether oxygens (including phenoxy) is 1. The number of rotatable bonds is 7. The highest BCUT2D eigenvalue weighted by molar-refractivity contribution is 5.94. The largest absolute Gasteiger partial charge is 0.445 e. The van der Waals surface area contributed by atoms with Gasteiger partial charge in [0.25, 0.3) is 5.91 Å². The first-order valence-electron chi connectivity index (χ1n) is 8.68. The van der Waals surface area contributed by atoms with E-state index < -0.39 is 6.09 Å². The van der Waals surface area contributed by atoms with E-state index in [1.54, 1.807) is 12.1 Å². The Bertz CT molecular complexity index is 859. The predicted molar refractivity (Wildman–Crippen MR) is 103 cm³/mol. The lowest BCUT2D eigenvalue weighted by molar-refractivity contribution is 0.0951. The van der Waals surface area contributed by atoms with Crippen LogP contribution in [0.15, 0.2) is 79.1 Å². The van der Waals surface area contributed by atoms with Crippen molar-refractivity contribution in [1.29, 1.82) is 0 Å². The van der Waals surface area contributed by atoms with Gasteiger partial charge in [0.1, 0.15) is 6.61 Å². The third-order valence-corrected chi connectivity index (χ3v) is 3.92. The van der Waals surface area contributed by atoms with E-state index in [1.165, 1.54) is 0 Å². The molecule has 1 aromatic heterocycles. The van der Waals surface area contributed by atoms with Gasteiger partial charge in [-0.2, -0.15) is 0 Å². The summed E-state index contributed by atoms with van der Waals surface area (Å²) in [4.78, 5) is 23.8. The van der Waals surface area contributed by atoms with E-state index in [2.05, 4.69) is 10.6 Å². The summed E-state index contributed by atoms with van der Waals surface area (Å²) in [5.41, 5.74) is 2.47. The first kappa shape index (κ1) is 18.3. The first-order valence-corrected chi connectivity index (χ1v) is 8.68. The van der Waals surface area contributed by atoms with Crippen LogP contribution in [0.5, 0.6) is 0 Å². The number of nitrogens with zero attached hydrogens (tertiary/aromatic N) is 1. The van der Waals surface area contributed by atoms with Crippen LogP contribution in [-0.4, -0.2) is 29.7 Å². The van der Waals surface area contributed by atoms with E-state index in [0.29, 0.717) is 18.7 Å². The summed E-state index contributed by atoms with van der Waals surface area (Å²) >= 11 is 0. The molecule has 1 heterocycles. The van der Waals surface area contributed by atoms with E-state index in [4.69, 9.17) is 4.74 Å². The molecule has 0 radical (unpaired) electrons. The Labute approximate surface area is 157 Å². The summed E-state index contributed by atoms with van der Waals surface area (Å²) < 4.78 is 7.07. The molecule has 6 nitrogen and oxygen atoms in total. The first-order chi connectivity index (χ1) is 13.2. The molecule has 0 atom stereocenters. The molecule has 0 aliphatic heterocycles. The van der Waals surface area contributed by atoms with Crippen LogP contribution in [-0.2, 0) is 11.3 Å². The highest BCUT2D eigenvalue weighted by atomic mass is 16.5. The Morgan fingerprint density at radius 2 is 1.48 bits per heavy atom. The van der Waals surface area contributed by atoms with Crippen LogP contribution in [0.3, 0.4) is 0 Å². The number of alkyl carbamates (subject to hydrolysis) is 1. The summed E-state index contributed by atoms with van der Waals surface area (Å²) in [5, 5.41) is 5.37. The summed E-state index contributed by atoms with van der Waals surface area (Å²) in [6.45, 7) is 0.826. The highest BCUT2D eigenvalue weighted by Crippen LogP contribution is 2.09. The van der Waals surface area contributed by atoms with Gasteiger partial charge in [-0.3, -0.25) is 4.79 Å². The zero-order valence-electron chi connectivity index (χ0n) is 14.8. The quantitative estimate of drug-likeness (QED) is 0.634. The van der Waals surface area contributed by atoms with Crippen molar-refractivity contribution in [3.05, 3.63) is 90.3 Å². The molecule has 138 valence electrons. The average Bonchev–Trinajstić information content (AvgIpc) is 3.25. The van der Waals surface area contributed by atoms with Crippen LogP contribution in [0.25, 0.3) is 5.69 Å². The zero-order chi connectivity index (χ0) is 18.9. The smallest absolute Gasteiger partial charge is 0.407 e. The van der Waals surface area contributed by atoms with Gasteiger partial charge in [0.15, 0.2) is 0 Å². The molecule has 3 aromatic rings. The molecular formula is C21H21N3O3. The molecule has 0 fully saturated rings. The summed E-state index contributed by atoms with van der Waals surface area (Å²) in [7, 11) is 0. The van der Waals surface area contributed by atoms with Gasteiger partial charge < -0.3 is 19.9 Å². The van der Waals surface area contributed by atoms with Gasteiger partial charge in [0.2, 0.25) is 0 Å². The van der Waals surface area contributed by atoms with Crippen LogP contribution in [0.1, 0.15) is 15.9 Å². The van der Waals surface area contributed by atoms with Gasteiger partial charge in [-0.05, 0) is 42.0 Å². The predicted octanol–water partition coefficient (Wildman–Crippen LogP) is 3.13. The number of carbonyl (C=O) groups excluding carboxylic acids is 2. The maximum Gasteiger partial charge on any atom is 0.407 e. The van der Waals surface area contributed by atoms with Crippen molar-refractivity contribution >= 4 is 12.0 Å². The molecule has 6 heteroatoms. The number of benzene rings is 2. The minimum atomic E-state index is -0.510.